The Morgan fingerprint density at radius 3 is 2.75 bits per heavy atom. The lowest BCUT2D eigenvalue weighted by atomic mass is 9.86. The minimum Gasteiger partial charge on any atom is -0.508 e. The number of rotatable bonds is 3. The van der Waals surface area contributed by atoms with Crippen LogP contribution in [0.2, 0.25) is 0 Å². The topological polar surface area (TPSA) is 38.7 Å². The lowest BCUT2D eigenvalue weighted by Crippen LogP contribution is -2.36. The Hall–Kier alpha value is -1.06. The number of phenols is 1. The van der Waals surface area contributed by atoms with Gasteiger partial charge in [-0.05, 0) is 24.6 Å². The summed E-state index contributed by atoms with van der Waals surface area (Å²) in [6.07, 6.45) is 1.70. The molecule has 0 spiro atoms. The molecule has 0 aromatic heterocycles. The number of phenolic OH excluding ortho intramolecular Hbond substituents is 1. The summed E-state index contributed by atoms with van der Waals surface area (Å²) in [4.78, 5) is 0. The summed E-state index contributed by atoms with van der Waals surface area (Å²) in [7, 11) is 0. The lowest BCUT2D eigenvalue weighted by Gasteiger charge is -2.37. The van der Waals surface area contributed by atoms with Crippen molar-refractivity contribution >= 4 is 0 Å². The average molecular weight is 222 g/mol. The van der Waals surface area contributed by atoms with Gasteiger partial charge in [-0.1, -0.05) is 12.1 Å². The van der Waals surface area contributed by atoms with Gasteiger partial charge in [-0.15, -0.1) is 0 Å². The molecular formula is C13H18O3. The summed E-state index contributed by atoms with van der Waals surface area (Å²) in [6.45, 7) is 4.11. The van der Waals surface area contributed by atoms with E-state index in [1.165, 1.54) is 0 Å². The third-order valence-corrected chi connectivity index (χ3v) is 3.09. The van der Waals surface area contributed by atoms with Gasteiger partial charge in [-0.25, -0.2) is 0 Å². The Bertz CT molecular complexity index is 337. The maximum absolute atomic E-state index is 9.54. The summed E-state index contributed by atoms with van der Waals surface area (Å²) in [6, 6.07) is 7.35. The average Bonchev–Trinajstić information content (AvgIpc) is 2.31. The molecule has 1 aliphatic rings. The first kappa shape index (κ1) is 11.4. The lowest BCUT2D eigenvalue weighted by molar-refractivity contribution is -0.112. The molecule has 1 N–H and O–H groups in total. The van der Waals surface area contributed by atoms with Crippen LogP contribution in [0.25, 0.3) is 0 Å². The quantitative estimate of drug-likeness (QED) is 0.853. The molecule has 3 heteroatoms. The maximum Gasteiger partial charge on any atom is 0.115 e. The van der Waals surface area contributed by atoms with E-state index in [9.17, 15) is 5.11 Å². The van der Waals surface area contributed by atoms with Gasteiger partial charge in [0.15, 0.2) is 0 Å². The molecule has 1 aromatic rings. The fourth-order valence-electron chi connectivity index (χ4n) is 2.28. The van der Waals surface area contributed by atoms with E-state index in [4.69, 9.17) is 9.47 Å². The van der Waals surface area contributed by atoms with Crippen molar-refractivity contribution in [3.63, 3.8) is 0 Å². The maximum atomic E-state index is 9.54. The summed E-state index contributed by atoms with van der Waals surface area (Å²) >= 11 is 0. The normalized spacial score (nSPS) is 19.6. The monoisotopic (exact) mass is 222 g/mol. The van der Waals surface area contributed by atoms with Crippen LogP contribution in [0.4, 0.5) is 0 Å². The van der Waals surface area contributed by atoms with Crippen LogP contribution in [-0.4, -0.2) is 24.9 Å². The number of ether oxygens (including phenoxy) is 2. The van der Waals surface area contributed by atoms with Gasteiger partial charge in [0.05, 0.1) is 5.60 Å². The SMILES string of the molecule is CCOC1(c2cccc(O)c2)CCOCC1. The van der Waals surface area contributed by atoms with Crippen LogP contribution in [-0.2, 0) is 15.1 Å². The molecule has 0 bridgehead atoms. The van der Waals surface area contributed by atoms with E-state index in [1.54, 1.807) is 12.1 Å². The van der Waals surface area contributed by atoms with Gasteiger partial charge in [-0.3, -0.25) is 0 Å². The number of hydrogen-bond donors (Lipinski definition) is 1. The van der Waals surface area contributed by atoms with Crippen molar-refractivity contribution in [2.75, 3.05) is 19.8 Å². The van der Waals surface area contributed by atoms with Gasteiger partial charge in [-0.2, -0.15) is 0 Å². The van der Waals surface area contributed by atoms with Crippen molar-refractivity contribution in [1.82, 2.24) is 0 Å². The van der Waals surface area contributed by atoms with Crippen LogP contribution >= 0.6 is 0 Å². The molecule has 2 rings (SSSR count). The first-order valence-corrected chi connectivity index (χ1v) is 5.78. The summed E-state index contributed by atoms with van der Waals surface area (Å²) < 4.78 is 11.3. The molecule has 1 aromatic carbocycles. The molecule has 0 unspecified atom stereocenters. The van der Waals surface area contributed by atoms with Crippen molar-refractivity contribution in [3.8, 4) is 5.75 Å². The highest BCUT2D eigenvalue weighted by Gasteiger charge is 2.35. The van der Waals surface area contributed by atoms with Crippen LogP contribution in [0.15, 0.2) is 24.3 Å². The van der Waals surface area contributed by atoms with E-state index >= 15 is 0 Å². The zero-order valence-electron chi connectivity index (χ0n) is 9.61. The van der Waals surface area contributed by atoms with E-state index in [0.717, 1.165) is 31.6 Å². The third kappa shape index (κ3) is 2.20. The zero-order valence-corrected chi connectivity index (χ0v) is 9.61. The molecule has 16 heavy (non-hydrogen) atoms. The second-order valence-electron chi connectivity index (χ2n) is 4.09. The summed E-state index contributed by atoms with van der Waals surface area (Å²) in [5.74, 6) is 0.295. The van der Waals surface area contributed by atoms with Crippen LogP contribution in [0.1, 0.15) is 25.3 Å². The molecule has 1 aliphatic heterocycles. The van der Waals surface area contributed by atoms with Crippen molar-refractivity contribution < 1.29 is 14.6 Å². The number of hydrogen-bond acceptors (Lipinski definition) is 3. The molecule has 1 heterocycles. The van der Waals surface area contributed by atoms with Gasteiger partial charge >= 0.3 is 0 Å². The molecule has 88 valence electrons. The molecule has 0 radical (unpaired) electrons. The number of aromatic hydroxyl groups is 1. The Balaban J connectivity index is 2.30. The second kappa shape index (κ2) is 4.85. The van der Waals surface area contributed by atoms with E-state index in [0.29, 0.717) is 12.4 Å². The van der Waals surface area contributed by atoms with Gasteiger partial charge in [0.1, 0.15) is 5.75 Å². The smallest absolute Gasteiger partial charge is 0.115 e. The fourth-order valence-corrected chi connectivity index (χ4v) is 2.28. The molecule has 0 atom stereocenters. The Morgan fingerprint density at radius 1 is 1.38 bits per heavy atom. The standard InChI is InChI=1S/C13H18O3/c1-2-16-13(6-8-15-9-7-13)11-4-3-5-12(14)10-11/h3-5,10,14H,2,6-9H2,1H3. The number of benzene rings is 1. The largest absolute Gasteiger partial charge is 0.508 e. The summed E-state index contributed by atoms with van der Waals surface area (Å²) in [5.41, 5.74) is 0.781. The highest BCUT2D eigenvalue weighted by molar-refractivity contribution is 5.31. The predicted octanol–water partition coefficient (Wildman–Crippen LogP) is 2.43. The van der Waals surface area contributed by atoms with Crippen molar-refractivity contribution in [3.05, 3.63) is 29.8 Å². The van der Waals surface area contributed by atoms with E-state index in [2.05, 4.69) is 0 Å². The van der Waals surface area contributed by atoms with Gasteiger partial charge in [0, 0.05) is 32.7 Å². The molecular weight excluding hydrogens is 204 g/mol. The molecule has 0 amide bonds. The molecule has 0 aliphatic carbocycles. The van der Waals surface area contributed by atoms with E-state index in [1.807, 2.05) is 19.1 Å². The van der Waals surface area contributed by atoms with Gasteiger partial charge < -0.3 is 14.6 Å². The van der Waals surface area contributed by atoms with Crippen molar-refractivity contribution in [1.29, 1.82) is 0 Å². The Morgan fingerprint density at radius 2 is 2.12 bits per heavy atom. The van der Waals surface area contributed by atoms with Gasteiger partial charge in [0.25, 0.3) is 0 Å². The summed E-state index contributed by atoms with van der Waals surface area (Å²) in [5, 5.41) is 9.54. The zero-order chi connectivity index (χ0) is 11.4. The van der Waals surface area contributed by atoms with Crippen LogP contribution in [0.5, 0.6) is 5.75 Å². The highest BCUT2D eigenvalue weighted by atomic mass is 16.5. The highest BCUT2D eigenvalue weighted by Crippen LogP contribution is 2.37. The van der Waals surface area contributed by atoms with Crippen LogP contribution in [0, 0.1) is 0 Å². The third-order valence-electron chi connectivity index (χ3n) is 3.09. The van der Waals surface area contributed by atoms with Gasteiger partial charge in [0.2, 0.25) is 0 Å². The molecule has 1 fully saturated rings. The molecule has 0 saturated carbocycles. The predicted molar refractivity (Wildman–Crippen MR) is 61.5 cm³/mol. The first-order valence-electron chi connectivity index (χ1n) is 5.78. The first-order chi connectivity index (χ1) is 7.77. The van der Waals surface area contributed by atoms with E-state index in [-0.39, 0.29) is 5.60 Å². The minimum atomic E-state index is -0.272. The Kier molecular flexibility index (Phi) is 3.46. The van der Waals surface area contributed by atoms with Crippen molar-refractivity contribution in [2.24, 2.45) is 0 Å². The molecule has 1 saturated heterocycles. The minimum absolute atomic E-state index is 0.272. The van der Waals surface area contributed by atoms with Crippen LogP contribution in [0.3, 0.4) is 0 Å². The van der Waals surface area contributed by atoms with Crippen LogP contribution < -0.4 is 0 Å². The molecule has 3 nitrogen and oxygen atoms in total. The van der Waals surface area contributed by atoms with Crippen molar-refractivity contribution in [2.45, 2.75) is 25.4 Å². The fraction of sp³-hybridized carbons (Fsp3) is 0.538. The second-order valence-corrected chi connectivity index (χ2v) is 4.09. The Labute approximate surface area is 96.0 Å². The van der Waals surface area contributed by atoms with E-state index < -0.39 is 0 Å².